The topological polar surface area (TPSA) is 0 Å². The van der Waals surface area contributed by atoms with Crippen LogP contribution in [0.2, 0.25) is 0 Å². The molecule has 0 nitrogen and oxygen atoms in total. The molecular weight excluding hydrogens is 261 g/mol. The molecule has 0 fully saturated rings. The van der Waals surface area contributed by atoms with Crippen molar-refractivity contribution < 1.29 is 9.41 Å². The van der Waals surface area contributed by atoms with Crippen LogP contribution in [-0.4, -0.2) is 24.6 Å². The molecule has 0 saturated carbocycles. The average Bonchev–Trinajstić information content (AvgIpc) is 2.37. The van der Waals surface area contributed by atoms with E-state index in [-0.39, 0.29) is 9.41 Å². The van der Waals surface area contributed by atoms with Gasteiger partial charge in [-0.3, -0.25) is 9.41 Å². The van der Waals surface area contributed by atoms with Crippen LogP contribution < -0.4 is 0 Å². The summed E-state index contributed by atoms with van der Waals surface area (Å²) < 4.78 is 0. The summed E-state index contributed by atoms with van der Waals surface area (Å²) in [4.78, 5) is 0. The molecule has 0 aliphatic carbocycles. The number of hydrogen-bond acceptors (Lipinski definition) is 0. The Morgan fingerprint density at radius 2 is 0.684 bits per heavy atom. The van der Waals surface area contributed by atoms with Crippen molar-refractivity contribution in [1.82, 2.24) is 0 Å². The van der Waals surface area contributed by atoms with Crippen molar-refractivity contribution in [3.8, 4) is 0 Å². The Kier molecular flexibility index (Phi) is 20.9. The first-order valence-corrected chi connectivity index (χ1v) is 11.1. The van der Waals surface area contributed by atoms with Crippen molar-refractivity contribution in [2.24, 2.45) is 0 Å². The Morgan fingerprint density at radius 3 is 0.842 bits per heavy atom. The minimum absolute atomic E-state index is 0. The maximum absolute atomic E-state index is 2.36. The Morgan fingerprint density at radius 1 is 0.474 bits per heavy atom. The molecule has 0 aliphatic heterocycles. The summed E-state index contributed by atoms with van der Waals surface area (Å²) in [7, 11) is -0.879. The standard InChI is InChI=1S/C16H37P.2FH/c1-5-9-13-17(14-10-6-2,15-11-7-3)16-12-8-4;;/h17H,5-16H2,1-4H3;2*1H. The molecule has 0 radical (unpaired) electrons. The van der Waals surface area contributed by atoms with E-state index in [4.69, 9.17) is 0 Å². The van der Waals surface area contributed by atoms with Gasteiger partial charge in [-0.05, 0) is 0 Å². The van der Waals surface area contributed by atoms with Crippen LogP contribution in [0.4, 0.5) is 9.41 Å². The molecule has 0 heterocycles. The summed E-state index contributed by atoms with van der Waals surface area (Å²) in [5.41, 5.74) is 0. The van der Waals surface area contributed by atoms with Gasteiger partial charge in [-0.1, -0.05) is 0 Å². The predicted octanol–water partition coefficient (Wildman–Crippen LogP) is 6.24. The maximum Gasteiger partial charge on any atom is -0.269 e. The van der Waals surface area contributed by atoms with Gasteiger partial charge in [-0.2, -0.15) is 0 Å². The monoisotopic (exact) mass is 300 g/mol. The number of unbranched alkanes of at least 4 members (excludes halogenated alkanes) is 4. The average molecular weight is 300 g/mol. The number of halogens is 2. The molecule has 0 rings (SSSR count). The molecule has 0 N–H and O–H groups in total. The van der Waals surface area contributed by atoms with Crippen LogP contribution in [0.1, 0.15) is 79.1 Å². The third kappa shape index (κ3) is 11.8. The van der Waals surface area contributed by atoms with Gasteiger partial charge in [-0.25, -0.2) is 0 Å². The Labute approximate surface area is 121 Å². The molecule has 0 amide bonds. The SMILES string of the molecule is CCCC[PH](CCCC)(CCCC)CCCC.F.F. The zero-order valence-corrected chi connectivity index (χ0v) is 14.8. The number of rotatable bonds is 12. The minimum Gasteiger partial charge on any atom is -0.269 e. The van der Waals surface area contributed by atoms with Gasteiger partial charge in [0.05, 0.1) is 0 Å². The fraction of sp³-hybridized carbons (Fsp3) is 1.00. The van der Waals surface area contributed by atoms with Crippen LogP contribution in [0.15, 0.2) is 0 Å². The predicted molar refractivity (Wildman–Crippen MR) is 92.4 cm³/mol. The van der Waals surface area contributed by atoms with Gasteiger partial charge in [-0.15, -0.1) is 0 Å². The molecule has 0 spiro atoms. The van der Waals surface area contributed by atoms with Gasteiger partial charge < -0.3 is 0 Å². The van der Waals surface area contributed by atoms with Crippen LogP contribution in [0, 0.1) is 0 Å². The van der Waals surface area contributed by atoms with Gasteiger partial charge in [0.1, 0.15) is 0 Å². The molecule has 0 unspecified atom stereocenters. The van der Waals surface area contributed by atoms with Crippen molar-refractivity contribution in [2.75, 3.05) is 24.6 Å². The minimum atomic E-state index is -0.879. The molecule has 0 aromatic heterocycles. The molecule has 0 saturated heterocycles. The van der Waals surface area contributed by atoms with Gasteiger partial charge in [0.2, 0.25) is 0 Å². The summed E-state index contributed by atoms with van der Waals surface area (Å²) in [6.07, 6.45) is 18.1. The first kappa shape index (κ1) is 24.3. The number of hydrogen-bond donors (Lipinski definition) is 0. The Bertz CT molecular complexity index is 125. The van der Waals surface area contributed by atoms with E-state index in [0.717, 1.165) is 0 Å². The Hall–Kier alpha value is 0.290. The van der Waals surface area contributed by atoms with E-state index in [1.54, 1.807) is 24.6 Å². The van der Waals surface area contributed by atoms with Crippen molar-refractivity contribution in [2.45, 2.75) is 79.1 Å². The quantitative estimate of drug-likeness (QED) is 0.374. The van der Waals surface area contributed by atoms with Gasteiger partial charge in [0, 0.05) is 0 Å². The summed E-state index contributed by atoms with van der Waals surface area (Å²) in [6, 6.07) is 0. The molecular formula is C16H39F2P. The molecule has 0 bridgehead atoms. The maximum atomic E-state index is 2.36. The van der Waals surface area contributed by atoms with Gasteiger partial charge in [0.15, 0.2) is 0 Å². The molecule has 0 aromatic carbocycles. The zero-order chi connectivity index (χ0) is 13.0. The molecule has 0 atom stereocenters. The van der Waals surface area contributed by atoms with E-state index in [1.165, 1.54) is 51.4 Å². The second-order valence-electron chi connectivity index (χ2n) is 5.91. The fourth-order valence-electron chi connectivity index (χ4n) is 2.96. The largest absolute Gasteiger partial charge is 0.269 e. The van der Waals surface area contributed by atoms with Crippen molar-refractivity contribution in [3.63, 3.8) is 0 Å². The van der Waals surface area contributed by atoms with E-state index in [2.05, 4.69) is 27.7 Å². The third-order valence-electron chi connectivity index (χ3n) is 4.24. The van der Waals surface area contributed by atoms with E-state index in [9.17, 15) is 0 Å². The van der Waals surface area contributed by atoms with E-state index in [1.807, 2.05) is 0 Å². The first-order valence-electron chi connectivity index (χ1n) is 8.24. The van der Waals surface area contributed by atoms with E-state index < -0.39 is 7.26 Å². The van der Waals surface area contributed by atoms with Crippen molar-refractivity contribution in [3.05, 3.63) is 0 Å². The summed E-state index contributed by atoms with van der Waals surface area (Å²) in [5, 5.41) is 0. The molecule has 0 aromatic rings. The second kappa shape index (κ2) is 16.3. The Balaban J connectivity index is -0.00000128. The summed E-state index contributed by atoms with van der Waals surface area (Å²) >= 11 is 0. The molecule has 122 valence electrons. The first-order chi connectivity index (χ1) is 8.24. The molecule has 0 aliphatic rings. The molecule has 19 heavy (non-hydrogen) atoms. The normalized spacial score (nSPS) is 11.6. The van der Waals surface area contributed by atoms with Crippen molar-refractivity contribution in [1.29, 1.82) is 0 Å². The van der Waals surface area contributed by atoms with Gasteiger partial charge >= 0.3 is 111 Å². The van der Waals surface area contributed by atoms with Crippen LogP contribution in [0.3, 0.4) is 0 Å². The van der Waals surface area contributed by atoms with E-state index >= 15 is 0 Å². The third-order valence-corrected chi connectivity index (χ3v) is 9.90. The van der Waals surface area contributed by atoms with E-state index in [0.29, 0.717) is 0 Å². The van der Waals surface area contributed by atoms with Crippen LogP contribution in [-0.2, 0) is 0 Å². The summed E-state index contributed by atoms with van der Waals surface area (Å²) in [6.45, 7) is 9.44. The van der Waals surface area contributed by atoms with Crippen molar-refractivity contribution >= 4 is 7.26 Å². The van der Waals surface area contributed by atoms with Gasteiger partial charge in [0.25, 0.3) is 0 Å². The smallest absolute Gasteiger partial charge is 0.269 e. The summed E-state index contributed by atoms with van der Waals surface area (Å²) in [5.74, 6) is 0. The van der Waals surface area contributed by atoms with Crippen LogP contribution in [0.5, 0.6) is 0 Å². The second-order valence-corrected chi connectivity index (χ2v) is 10.9. The zero-order valence-electron chi connectivity index (χ0n) is 13.8. The fourth-order valence-corrected chi connectivity index (χ4v) is 8.87. The van der Waals surface area contributed by atoms with Crippen LogP contribution >= 0.6 is 7.26 Å². The van der Waals surface area contributed by atoms with Crippen LogP contribution in [0.25, 0.3) is 0 Å². The molecule has 3 heteroatoms.